The molecule has 0 heterocycles. The summed E-state index contributed by atoms with van der Waals surface area (Å²) >= 11 is 0. The molecule has 2 nitrogen and oxygen atoms in total. The molecule has 0 aromatic heterocycles. The van der Waals surface area contributed by atoms with E-state index in [1.807, 2.05) is 20.8 Å². The van der Waals surface area contributed by atoms with Crippen molar-refractivity contribution in [1.29, 1.82) is 0 Å². The van der Waals surface area contributed by atoms with Gasteiger partial charge in [0.1, 0.15) is 0 Å². The van der Waals surface area contributed by atoms with Crippen molar-refractivity contribution in [1.82, 2.24) is 4.90 Å². The Bertz CT molecular complexity index is 184. The molecule has 92 valence electrons. The zero-order valence-electron chi connectivity index (χ0n) is 9.86. The average Bonchev–Trinajstić information content (AvgIpc) is 1.97. The zero-order valence-corrected chi connectivity index (χ0v) is 9.86. The molecule has 0 aliphatic heterocycles. The summed E-state index contributed by atoms with van der Waals surface area (Å²) in [5.41, 5.74) is 5.79. The summed E-state index contributed by atoms with van der Waals surface area (Å²) in [6, 6.07) is -0.115. The summed E-state index contributed by atoms with van der Waals surface area (Å²) < 4.78 is 35.8. The molecule has 0 radical (unpaired) electrons. The second-order valence-electron chi connectivity index (χ2n) is 5.10. The fourth-order valence-corrected chi connectivity index (χ4v) is 1.02. The maximum absolute atomic E-state index is 11.9. The van der Waals surface area contributed by atoms with Crippen LogP contribution in [0.4, 0.5) is 13.2 Å². The highest BCUT2D eigenvalue weighted by Crippen LogP contribution is 2.21. The molecular formula is C10H21F3N2. The molecule has 5 heteroatoms. The first-order valence-corrected chi connectivity index (χ1v) is 5.03. The van der Waals surface area contributed by atoms with Crippen LogP contribution < -0.4 is 5.73 Å². The molecular weight excluding hydrogens is 205 g/mol. The van der Waals surface area contributed by atoms with Crippen molar-refractivity contribution >= 4 is 0 Å². The van der Waals surface area contributed by atoms with Gasteiger partial charge in [-0.15, -0.1) is 0 Å². The highest BCUT2D eigenvalue weighted by Gasteiger charge is 2.28. The van der Waals surface area contributed by atoms with Gasteiger partial charge in [-0.3, -0.25) is 0 Å². The van der Waals surface area contributed by atoms with Crippen LogP contribution in [0.25, 0.3) is 0 Å². The van der Waals surface area contributed by atoms with Crippen LogP contribution in [-0.4, -0.2) is 37.3 Å². The molecule has 1 unspecified atom stereocenters. The Morgan fingerprint density at radius 1 is 1.20 bits per heavy atom. The average molecular weight is 226 g/mol. The van der Waals surface area contributed by atoms with Crippen molar-refractivity contribution in [2.45, 2.75) is 39.4 Å². The van der Waals surface area contributed by atoms with Crippen molar-refractivity contribution in [2.75, 3.05) is 20.1 Å². The van der Waals surface area contributed by atoms with Crippen molar-refractivity contribution in [3.05, 3.63) is 0 Å². The van der Waals surface area contributed by atoms with Gasteiger partial charge in [-0.1, -0.05) is 20.8 Å². The number of halogens is 3. The molecule has 0 fully saturated rings. The number of hydrogen-bond acceptors (Lipinski definition) is 2. The lowest BCUT2D eigenvalue weighted by Crippen LogP contribution is -2.44. The number of alkyl halides is 3. The van der Waals surface area contributed by atoms with E-state index >= 15 is 0 Å². The van der Waals surface area contributed by atoms with Gasteiger partial charge in [0.15, 0.2) is 0 Å². The summed E-state index contributed by atoms with van der Waals surface area (Å²) in [4.78, 5) is 1.63. The summed E-state index contributed by atoms with van der Waals surface area (Å²) in [5, 5.41) is 0. The van der Waals surface area contributed by atoms with E-state index in [9.17, 15) is 13.2 Å². The van der Waals surface area contributed by atoms with E-state index in [2.05, 4.69) is 0 Å². The monoisotopic (exact) mass is 226 g/mol. The van der Waals surface area contributed by atoms with Gasteiger partial charge >= 0.3 is 6.18 Å². The van der Waals surface area contributed by atoms with E-state index in [0.29, 0.717) is 6.54 Å². The van der Waals surface area contributed by atoms with Crippen LogP contribution >= 0.6 is 0 Å². The number of nitrogens with two attached hydrogens (primary N) is 1. The quantitative estimate of drug-likeness (QED) is 0.796. The third-order valence-electron chi connectivity index (χ3n) is 2.40. The van der Waals surface area contributed by atoms with Gasteiger partial charge in [0.25, 0.3) is 0 Å². The molecule has 0 spiro atoms. The first-order valence-electron chi connectivity index (χ1n) is 5.03. The van der Waals surface area contributed by atoms with Crippen LogP contribution in [0.1, 0.15) is 27.2 Å². The Kier molecular flexibility index (Phi) is 5.06. The van der Waals surface area contributed by atoms with Crippen LogP contribution in [0.3, 0.4) is 0 Å². The third kappa shape index (κ3) is 7.62. The molecule has 0 amide bonds. The largest absolute Gasteiger partial charge is 0.390 e. The number of likely N-dealkylation sites (N-methyl/N-ethyl adjacent to an activating group) is 1. The van der Waals surface area contributed by atoms with Crippen molar-refractivity contribution in [3.63, 3.8) is 0 Å². The van der Waals surface area contributed by atoms with E-state index < -0.39 is 12.6 Å². The minimum Gasteiger partial charge on any atom is -0.326 e. The Balaban J connectivity index is 3.89. The number of hydrogen-bond donors (Lipinski definition) is 1. The van der Waals surface area contributed by atoms with Crippen LogP contribution in [0.2, 0.25) is 0 Å². The SMILES string of the molecule is CN(CCC(F)(F)F)CC(N)C(C)(C)C. The fraction of sp³-hybridized carbons (Fsp3) is 1.00. The Morgan fingerprint density at radius 2 is 1.67 bits per heavy atom. The lowest BCUT2D eigenvalue weighted by atomic mass is 9.87. The van der Waals surface area contributed by atoms with Gasteiger partial charge in [0.2, 0.25) is 0 Å². The van der Waals surface area contributed by atoms with Gasteiger partial charge in [0.05, 0.1) is 6.42 Å². The van der Waals surface area contributed by atoms with Crippen LogP contribution in [-0.2, 0) is 0 Å². The smallest absolute Gasteiger partial charge is 0.326 e. The third-order valence-corrected chi connectivity index (χ3v) is 2.40. The summed E-state index contributed by atoms with van der Waals surface area (Å²) in [6.07, 6.45) is -4.86. The molecule has 0 bridgehead atoms. The minimum absolute atomic E-state index is 0.00722. The van der Waals surface area contributed by atoms with Gasteiger partial charge < -0.3 is 10.6 Å². The molecule has 15 heavy (non-hydrogen) atoms. The maximum Gasteiger partial charge on any atom is 0.390 e. The summed E-state index contributed by atoms with van der Waals surface area (Å²) in [6.45, 7) is 6.44. The number of nitrogens with zero attached hydrogens (tertiary/aromatic N) is 1. The molecule has 0 aliphatic rings. The highest BCUT2D eigenvalue weighted by atomic mass is 19.4. The molecule has 0 saturated heterocycles. The Labute approximate surface area is 89.6 Å². The van der Waals surface area contributed by atoms with E-state index in [-0.39, 0.29) is 18.0 Å². The van der Waals surface area contributed by atoms with Gasteiger partial charge in [-0.2, -0.15) is 13.2 Å². The molecule has 0 rings (SSSR count). The highest BCUT2D eigenvalue weighted by molar-refractivity contribution is 4.79. The van der Waals surface area contributed by atoms with E-state index in [1.165, 1.54) is 0 Å². The van der Waals surface area contributed by atoms with Crippen LogP contribution in [0.5, 0.6) is 0 Å². The van der Waals surface area contributed by atoms with Gasteiger partial charge in [-0.05, 0) is 12.5 Å². The van der Waals surface area contributed by atoms with E-state index in [0.717, 1.165) is 0 Å². The molecule has 0 saturated carbocycles. The number of rotatable bonds is 4. The second-order valence-corrected chi connectivity index (χ2v) is 5.10. The lowest BCUT2D eigenvalue weighted by molar-refractivity contribution is -0.137. The van der Waals surface area contributed by atoms with Crippen LogP contribution in [0.15, 0.2) is 0 Å². The standard InChI is InChI=1S/C10H21F3N2/c1-9(2,3)8(14)7-15(4)6-5-10(11,12)13/h8H,5-7,14H2,1-4H3. The lowest BCUT2D eigenvalue weighted by Gasteiger charge is -2.31. The summed E-state index contributed by atoms with van der Waals surface area (Å²) in [5.74, 6) is 0. The topological polar surface area (TPSA) is 29.3 Å². The van der Waals surface area contributed by atoms with E-state index in [1.54, 1.807) is 11.9 Å². The second kappa shape index (κ2) is 5.16. The van der Waals surface area contributed by atoms with Gasteiger partial charge in [0, 0.05) is 19.1 Å². The first-order chi connectivity index (χ1) is 6.52. The minimum atomic E-state index is -4.08. The molecule has 0 aromatic carbocycles. The molecule has 2 N–H and O–H groups in total. The first kappa shape index (κ1) is 14.7. The predicted molar refractivity (Wildman–Crippen MR) is 55.6 cm³/mol. The maximum atomic E-state index is 11.9. The van der Waals surface area contributed by atoms with Crippen molar-refractivity contribution in [3.8, 4) is 0 Å². The Morgan fingerprint density at radius 3 is 2.00 bits per heavy atom. The fourth-order valence-electron chi connectivity index (χ4n) is 1.02. The predicted octanol–water partition coefficient (Wildman–Crippen LogP) is 2.24. The molecule has 0 aromatic rings. The van der Waals surface area contributed by atoms with Crippen molar-refractivity contribution in [2.24, 2.45) is 11.1 Å². The van der Waals surface area contributed by atoms with E-state index in [4.69, 9.17) is 5.73 Å². The normalized spacial score (nSPS) is 15.8. The zero-order chi connectivity index (χ0) is 12.3. The Hall–Kier alpha value is -0.290. The van der Waals surface area contributed by atoms with Crippen LogP contribution in [0, 0.1) is 5.41 Å². The van der Waals surface area contributed by atoms with Gasteiger partial charge in [-0.25, -0.2) is 0 Å². The molecule has 0 aliphatic carbocycles. The summed E-state index contributed by atoms with van der Waals surface area (Å²) in [7, 11) is 1.66. The van der Waals surface area contributed by atoms with Crippen molar-refractivity contribution < 1.29 is 13.2 Å². The molecule has 1 atom stereocenters.